The molecule has 0 atom stereocenters. The third-order valence-corrected chi connectivity index (χ3v) is 4.14. The fourth-order valence-electron chi connectivity index (χ4n) is 1.85. The van der Waals surface area contributed by atoms with E-state index >= 15 is 0 Å². The highest BCUT2D eigenvalue weighted by molar-refractivity contribution is 7.09. The predicted molar refractivity (Wildman–Crippen MR) is 86.8 cm³/mol. The lowest BCUT2D eigenvalue weighted by Gasteiger charge is -2.25. The summed E-state index contributed by atoms with van der Waals surface area (Å²) in [6, 6.07) is -0.177. The normalized spacial score (nSPS) is 12.3. The first-order valence-electron chi connectivity index (χ1n) is 7.15. The van der Waals surface area contributed by atoms with E-state index in [1.54, 1.807) is 32.2 Å². The molecule has 120 valence electrons. The van der Waals surface area contributed by atoms with E-state index in [1.807, 2.05) is 5.38 Å². The Morgan fingerprint density at radius 1 is 1.38 bits per heavy atom. The van der Waals surface area contributed by atoms with Gasteiger partial charge in [0.05, 0.1) is 22.8 Å². The Kier molecular flexibility index (Phi) is 5.75. The average molecular weight is 313 g/mol. The van der Waals surface area contributed by atoms with E-state index < -0.39 is 5.60 Å². The molecule has 0 saturated carbocycles. The topological polar surface area (TPSA) is 65.5 Å². The summed E-state index contributed by atoms with van der Waals surface area (Å²) in [6.07, 6.45) is 0.717. The molecule has 0 radical (unpaired) electrons. The fourth-order valence-corrected chi connectivity index (χ4v) is 2.79. The summed E-state index contributed by atoms with van der Waals surface area (Å²) >= 11 is 1.66. The van der Waals surface area contributed by atoms with Crippen LogP contribution in [0, 0.1) is 0 Å². The molecule has 0 bridgehead atoms. The number of hydrogen-bond donors (Lipinski definition) is 2. The van der Waals surface area contributed by atoms with Crippen LogP contribution < -0.4 is 5.32 Å². The number of amides is 2. The lowest BCUT2D eigenvalue weighted by Crippen LogP contribution is -2.45. The lowest BCUT2D eigenvalue weighted by molar-refractivity contribution is 0.0532. The summed E-state index contributed by atoms with van der Waals surface area (Å²) in [6.45, 7) is 10.6. The van der Waals surface area contributed by atoms with Crippen molar-refractivity contribution < 1.29 is 9.90 Å². The molecule has 6 heteroatoms. The van der Waals surface area contributed by atoms with Gasteiger partial charge in [0, 0.05) is 30.8 Å². The zero-order chi connectivity index (χ0) is 16.3. The van der Waals surface area contributed by atoms with Crippen molar-refractivity contribution in [1.82, 2.24) is 15.2 Å². The van der Waals surface area contributed by atoms with Gasteiger partial charge in [0.15, 0.2) is 0 Å². The Balaban J connectivity index is 2.40. The van der Waals surface area contributed by atoms with E-state index in [2.05, 4.69) is 31.1 Å². The van der Waals surface area contributed by atoms with Crippen LogP contribution in [0.5, 0.6) is 0 Å². The van der Waals surface area contributed by atoms with Crippen LogP contribution in [0.25, 0.3) is 0 Å². The van der Waals surface area contributed by atoms with E-state index in [0.29, 0.717) is 19.5 Å². The van der Waals surface area contributed by atoms with Crippen molar-refractivity contribution in [3.63, 3.8) is 0 Å². The molecule has 0 saturated heterocycles. The molecule has 21 heavy (non-hydrogen) atoms. The van der Waals surface area contributed by atoms with Gasteiger partial charge in [-0.1, -0.05) is 20.8 Å². The van der Waals surface area contributed by atoms with Crippen LogP contribution in [-0.4, -0.2) is 46.8 Å². The number of carbonyl (C=O) groups excluding carboxylic acids is 1. The van der Waals surface area contributed by atoms with Crippen LogP contribution in [0.15, 0.2) is 5.38 Å². The second-order valence-corrected chi connectivity index (χ2v) is 7.90. The number of nitrogens with one attached hydrogen (secondary N) is 1. The third kappa shape index (κ3) is 6.44. The molecule has 1 heterocycles. The van der Waals surface area contributed by atoms with Gasteiger partial charge in [-0.2, -0.15) is 0 Å². The number of nitrogens with zero attached hydrogens (tertiary/aromatic N) is 2. The van der Waals surface area contributed by atoms with Crippen LogP contribution in [0.2, 0.25) is 0 Å². The second kappa shape index (κ2) is 6.75. The van der Waals surface area contributed by atoms with Crippen molar-refractivity contribution in [2.24, 2.45) is 0 Å². The van der Waals surface area contributed by atoms with E-state index in [1.165, 1.54) is 4.90 Å². The van der Waals surface area contributed by atoms with Crippen molar-refractivity contribution in [2.75, 3.05) is 20.1 Å². The second-order valence-electron chi connectivity index (χ2n) is 7.04. The van der Waals surface area contributed by atoms with Gasteiger partial charge in [0.25, 0.3) is 0 Å². The maximum absolute atomic E-state index is 11.9. The molecule has 1 aromatic rings. The zero-order valence-electron chi connectivity index (χ0n) is 13.9. The summed E-state index contributed by atoms with van der Waals surface area (Å²) in [7, 11) is 1.67. The maximum Gasteiger partial charge on any atom is 0.317 e. The molecule has 0 aromatic carbocycles. The molecule has 0 fully saturated rings. The number of aromatic nitrogens is 1. The molecule has 1 rings (SSSR count). The molecule has 5 nitrogen and oxygen atoms in total. The number of likely N-dealkylation sites (N-methyl/N-ethyl adjacent to an activating group) is 1. The summed E-state index contributed by atoms with van der Waals surface area (Å²) in [4.78, 5) is 17.9. The molecular formula is C15H27N3O2S. The largest absolute Gasteiger partial charge is 0.389 e. The molecule has 0 aliphatic heterocycles. The summed E-state index contributed by atoms with van der Waals surface area (Å²) in [5.74, 6) is 0. The smallest absolute Gasteiger partial charge is 0.317 e. The van der Waals surface area contributed by atoms with E-state index in [0.717, 1.165) is 10.7 Å². The first kappa shape index (κ1) is 17.9. The highest BCUT2D eigenvalue weighted by Gasteiger charge is 2.20. The Labute approximate surface area is 131 Å². The SMILES string of the molecule is CN(CC(C)(C)O)C(=O)NCCc1csc(C(C)(C)C)n1. The number of thiazole rings is 1. The van der Waals surface area contributed by atoms with Gasteiger partial charge in [-0.15, -0.1) is 11.3 Å². The van der Waals surface area contributed by atoms with Gasteiger partial charge in [-0.05, 0) is 13.8 Å². The molecule has 0 aliphatic rings. The predicted octanol–water partition coefficient (Wildman–Crippen LogP) is 2.40. The van der Waals surface area contributed by atoms with Crippen molar-refractivity contribution in [3.05, 3.63) is 16.1 Å². The first-order valence-corrected chi connectivity index (χ1v) is 8.03. The van der Waals surface area contributed by atoms with E-state index in [4.69, 9.17) is 0 Å². The van der Waals surface area contributed by atoms with Crippen LogP contribution in [0.4, 0.5) is 4.79 Å². The molecular weight excluding hydrogens is 286 g/mol. The van der Waals surface area contributed by atoms with Crippen LogP contribution in [0.3, 0.4) is 0 Å². The van der Waals surface area contributed by atoms with Crippen LogP contribution >= 0.6 is 11.3 Å². The molecule has 1 aromatic heterocycles. The minimum atomic E-state index is -0.886. The monoisotopic (exact) mass is 313 g/mol. The van der Waals surface area contributed by atoms with Crippen molar-refractivity contribution >= 4 is 17.4 Å². The van der Waals surface area contributed by atoms with Crippen LogP contribution in [0.1, 0.15) is 45.3 Å². The van der Waals surface area contributed by atoms with E-state index in [-0.39, 0.29) is 11.4 Å². The number of carbonyl (C=O) groups is 1. The van der Waals surface area contributed by atoms with Crippen molar-refractivity contribution in [1.29, 1.82) is 0 Å². The van der Waals surface area contributed by atoms with Gasteiger partial charge >= 0.3 is 6.03 Å². The van der Waals surface area contributed by atoms with Gasteiger partial charge in [0.2, 0.25) is 0 Å². The number of aliphatic hydroxyl groups is 1. The van der Waals surface area contributed by atoms with Crippen LogP contribution in [-0.2, 0) is 11.8 Å². The van der Waals surface area contributed by atoms with Gasteiger partial charge in [0.1, 0.15) is 0 Å². The zero-order valence-corrected chi connectivity index (χ0v) is 14.7. The standard InChI is InChI=1S/C15H27N3O2S/c1-14(2,3)12-17-11(9-21-12)7-8-16-13(19)18(6)10-15(4,5)20/h9,20H,7-8,10H2,1-6H3,(H,16,19). The Morgan fingerprint density at radius 2 is 2.00 bits per heavy atom. The van der Waals surface area contributed by atoms with Gasteiger partial charge in [-0.25, -0.2) is 9.78 Å². The number of hydrogen-bond acceptors (Lipinski definition) is 4. The maximum atomic E-state index is 11.9. The molecule has 0 spiro atoms. The molecule has 2 N–H and O–H groups in total. The Bertz CT molecular complexity index is 472. The summed E-state index contributed by atoms with van der Waals surface area (Å²) < 4.78 is 0. The first-order chi connectivity index (χ1) is 9.49. The average Bonchev–Trinajstić information content (AvgIpc) is 2.74. The highest BCUT2D eigenvalue weighted by atomic mass is 32.1. The summed E-state index contributed by atoms with van der Waals surface area (Å²) in [5, 5.41) is 15.7. The molecule has 0 aliphatic carbocycles. The highest BCUT2D eigenvalue weighted by Crippen LogP contribution is 2.25. The fraction of sp³-hybridized carbons (Fsp3) is 0.733. The Hall–Kier alpha value is -1.14. The Morgan fingerprint density at radius 3 is 2.48 bits per heavy atom. The minimum Gasteiger partial charge on any atom is -0.389 e. The van der Waals surface area contributed by atoms with E-state index in [9.17, 15) is 9.90 Å². The van der Waals surface area contributed by atoms with Gasteiger partial charge in [-0.3, -0.25) is 0 Å². The number of urea groups is 1. The lowest BCUT2D eigenvalue weighted by atomic mass is 9.98. The molecule has 0 unspecified atom stereocenters. The van der Waals surface area contributed by atoms with Gasteiger partial charge < -0.3 is 15.3 Å². The van der Waals surface area contributed by atoms with Crippen molar-refractivity contribution in [2.45, 2.75) is 52.1 Å². The number of rotatable bonds is 5. The molecule has 2 amide bonds. The summed E-state index contributed by atoms with van der Waals surface area (Å²) in [5.41, 5.74) is 0.192. The minimum absolute atomic E-state index is 0.0685. The third-order valence-electron chi connectivity index (χ3n) is 2.82. The quantitative estimate of drug-likeness (QED) is 0.877. The van der Waals surface area contributed by atoms with Crippen molar-refractivity contribution in [3.8, 4) is 0 Å².